The van der Waals surface area contributed by atoms with Gasteiger partial charge in [0, 0.05) is 23.8 Å². The van der Waals surface area contributed by atoms with Crippen molar-refractivity contribution in [3.63, 3.8) is 0 Å². The Hall–Kier alpha value is -3.09. The van der Waals surface area contributed by atoms with E-state index in [0.29, 0.717) is 23.9 Å². The Morgan fingerprint density at radius 2 is 1.72 bits per heavy atom. The van der Waals surface area contributed by atoms with Gasteiger partial charge in [-0.05, 0) is 67.9 Å². The Morgan fingerprint density at radius 3 is 2.44 bits per heavy atom. The molecule has 4 rings (SSSR count). The smallest absolute Gasteiger partial charge is 0.258 e. The highest BCUT2D eigenvalue weighted by Gasteiger charge is 2.25. The second kappa shape index (κ2) is 11.0. The van der Waals surface area contributed by atoms with Crippen LogP contribution in [0.4, 0.5) is 0 Å². The van der Waals surface area contributed by atoms with E-state index in [1.54, 1.807) is 36.5 Å². The van der Waals surface area contributed by atoms with E-state index in [-0.39, 0.29) is 18.6 Å². The molecule has 0 spiro atoms. The molecule has 1 fully saturated rings. The van der Waals surface area contributed by atoms with Crippen LogP contribution in [0.15, 0.2) is 72.9 Å². The number of ether oxygens (including phenoxy) is 2. The van der Waals surface area contributed by atoms with Gasteiger partial charge in [-0.3, -0.25) is 9.69 Å². The lowest BCUT2D eigenvalue weighted by Gasteiger charge is -2.29. The maximum atomic E-state index is 12.4. The Bertz CT molecular complexity index is 1010. The number of halogens is 1. The minimum Gasteiger partial charge on any atom is -0.484 e. The average molecular weight is 452 g/mol. The van der Waals surface area contributed by atoms with Gasteiger partial charge in [0.1, 0.15) is 11.5 Å². The first kappa shape index (κ1) is 22.1. The van der Waals surface area contributed by atoms with Crippen molar-refractivity contribution in [1.29, 1.82) is 0 Å². The number of amides is 1. The molecule has 166 valence electrons. The zero-order valence-corrected chi connectivity index (χ0v) is 18.5. The molecule has 0 aliphatic carbocycles. The number of aromatic nitrogens is 1. The Morgan fingerprint density at radius 1 is 1.00 bits per heavy atom. The van der Waals surface area contributed by atoms with Crippen LogP contribution < -0.4 is 14.8 Å². The molecule has 2 aromatic carbocycles. The fourth-order valence-corrected chi connectivity index (χ4v) is 4.04. The predicted octanol–water partition coefficient (Wildman–Crippen LogP) is 4.86. The van der Waals surface area contributed by atoms with Gasteiger partial charge in [0.05, 0.1) is 6.04 Å². The van der Waals surface area contributed by atoms with E-state index in [2.05, 4.69) is 15.2 Å². The monoisotopic (exact) mass is 451 g/mol. The van der Waals surface area contributed by atoms with Crippen molar-refractivity contribution in [2.75, 3.05) is 26.2 Å². The van der Waals surface area contributed by atoms with Gasteiger partial charge in [0.2, 0.25) is 5.88 Å². The molecular formula is C25H26ClN3O3. The van der Waals surface area contributed by atoms with Gasteiger partial charge in [0.15, 0.2) is 6.61 Å². The number of nitrogens with one attached hydrogen (secondary N) is 1. The lowest BCUT2D eigenvalue weighted by molar-refractivity contribution is -0.123. The molecule has 1 atom stereocenters. The van der Waals surface area contributed by atoms with Crippen LogP contribution in [0.3, 0.4) is 0 Å². The molecule has 32 heavy (non-hydrogen) atoms. The molecule has 0 saturated carbocycles. The second-order valence-corrected chi connectivity index (χ2v) is 8.02. The largest absolute Gasteiger partial charge is 0.484 e. The molecule has 1 saturated heterocycles. The molecular weight excluding hydrogens is 426 g/mol. The van der Waals surface area contributed by atoms with Gasteiger partial charge in [-0.2, -0.15) is 0 Å². The van der Waals surface area contributed by atoms with Crippen molar-refractivity contribution in [3.05, 3.63) is 83.5 Å². The highest BCUT2D eigenvalue weighted by molar-refractivity contribution is 6.31. The summed E-state index contributed by atoms with van der Waals surface area (Å²) in [5.74, 6) is 1.59. The van der Waals surface area contributed by atoms with Crippen molar-refractivity contribution in [1.82, 2.24) is 15.2 Å². The minimum absolute atomic E-state index is 0.0539. The maximum absolute atomic E-state index is 12.4. The van der Waals surface area contributed by atoms with Crippen molar-refractivity contribution in [3.8, 4) is 17.4 Å². The van der Waals surface area contributed by atoms with Crippen LogP contribution in [0, 0.1) is 0 Å². The number of hydrogen-bond acceptors (Lipinski definition) is 5. The molecule has 6 nitrogen and oxygen atoms in total. The van der Waals surface area contributed by atoms with Crippen molar-refractivity contribution < 1.29 is 14.3 Å². The van der Waals surface area contributed by atoms with Crippen LogP contribution in [0.2, 0.25) is 5.02 Å². The molecule has 7 heteroatoms. The van der Waals surface area contributed by atoms with Crippen LogP contribution in [-0.4, -0.2) is 42.0 Å². The number of likely N-dealkylation sites (tertiary alicyclic amines) is 1. The minimum atomic E-state index is -0.171. The van der Waals surface area contributed by atoms with Crippen LogP contribution >= 0.6 is 11.6 Å². The Kier molecular flexibility index (Phi) is 7.59. The van der Waals surface area contributed by atoms with E-state index in [0.717, 1.165) is 36.5 Å². The van der Waals surface area contributed by atoms with E-state index >= 15 is 0 Å². The summed E-state index contributed by atoms with van der Waals surface area (Å²) in [6, 6.07) is 20.5. The summed E-state index contributed by atoms with van der Waals surface area (Å²) in [6.45, 7) is 2.45. The zero-order valence-electron chi connectivity index (χ0n) is 17.7. The topological polar surface area (TPSA) is 63.7 Å². The summed E-state index contributed by atoms with van der Waals surface area (Å²) in [6.07, 6.45) is 4.00. The van der Waals surface area contributed by atoms with Crippen LogP contribution in [-0.2, 0) is 4.79 Å². The van der Waals surface area contributed by atoms with Crippen LogP contribution in [0.25, 0.3) is 0 Å². The van der Waals surface area contributed by atoms with E-state index in [1.165, 1.54) is 0 Å². The number of rotatable bonds is 9. The highest BCUT2D eigenvalue weighted by Crippen LogP contribution is 2.29. The summed E-state index contributed by atoms with van der Waals surface area (Å²) in [5, 5.41) is 3.73. The average Bonchev–Trinajstić information content (AvgIpc) is 3.35. The van der Waals surface area contributed by atoms with Gasteiger partial charge in [-0.25, -0.2) is 4.98 Å². The van der Waals surface area contributed by atoms with Crippen LogP contribution in [0.5, 0.6) is 17.4 Å². The lowest BCUT2D eigenvalue weighted by atomic mass is 10.1. The molecule has 1 N–H and O–H groups in total. The number of carbonyl (C=O) groups excluding carboxylic acids is 1. The zero-order chi connectivity index (χ0) is 22.2. The molecule has 1 aromatic heterocycles. The molecule has 0 radical (unpaired) electrons. The van der Waals surface area contributed by atoms with Crippen molar-refractivity contribution in [2.45, 2.75) is 18.9 Å². The molecule has 3 aromatic rings. The second-order valence-electron chi connectivity index (χ2n) is 7.61. The first-order valence-electron chi connectivity index (χ1n) is 10.8. The SMILES string of the molecule is O=C(COc1ccc(Oc2ccccn2)cc1)NC[C@@H](c1ccccc1Cl)N1CCCC1. The standard InChI is InChI=1S/C25H26ClN3O3/c26-22-8-2-1-7-21(22)23(29-15-5-6-16-29)17-28-24(30)18-31-19-10-12-20(13-11-19)32-25-9-3-4-14-27-25/h1-4,7-14,23H,5-6,15-18H2,(H,28,30)/t23-/m0/s1. The number of carbonyl (C=O) groups is 1. The first-order chi connectivity index (χ1) is 15.7. The number of nitrogens with zero attached hydrogens (tertiary/aromatic N) is 2. The fraction of sp³-hybridized carbons (Fsp3) is 0.280. The molecule has 0 unspecified atom stereocenters. The normalized spacial score (nSPS) is 14.7. The number of pyridine rings is 1. The van der Waals surface area contributed by atoms with Gasteiger partial charge in [-0.1, -0.05) is 35.9 Å². The maximum Gasteiger partial charge on any atom is 0.258 e. The van der Waals surface area contributed by atoms with Crippen molar-refractivity contribution in [2.24, 2.45) is 0 Å². The molecule has 1 aliphatic rings. The van der Waals surface area contributed by atoms with Gasteiger partial charge < -0.3 is 14.8 Å². The fourth-order valence-electron chi connectivity index (χ4n) is 3.78. The van der Waals surface area contributed by atoms with Gasteiger partial charge in [0.25, 0.3) is 5.91 Å². The van der Waals surface area contributed by atoms with E-state index in [4.69, 9.17) is 21.1 Å². The highest BCUT2D eigenvalue weighted by atomic mass is 35.5. The summed E-state index contributed by atoms with van der Waals surface area (Å²) < 4.78 is 11.3. The van der Waals surface area contributed by atoms with Gasteiger partial charge in [-0.15, -0.1) is 0 Å². The number of benzene rings is 2. The Balaban J connectivity index is 1.28. The lowest BCUT2D eigenvalue weighted by Crippen LogP contribution is -2.38. The molecule has 2 heterocycles. The Labute approximate surface area is 193 Å². The van der Waals surface area contributed by atoms with Gasteiger partial charge >= 0.3 is 0 Å². The molecule has 1 aliphatic heterocycles. The number of hydrogen-bond donors (Lipinski definition) is 1. The summed E-state index contributed by atoms with van der Waals surface area (Å²) in [7, 11) is 0. The quantitative estimate of drug-likeness (QED) is 0.503. The van der Waals surface area contributed by atoms with Crippen molar-refractivity contribution >= 4 is 17.5 Å². The third-order valence-corrected chi connectivity index (χ3v) is 5.74. The first-order valence-corrected chi connectivity index (χ1v) is 11.1. The predicted molar refractivity (Wildman–Crippen MR) is 124 cm³/mol. The molecule has 0 bridgehead atoms. The summed E-state index contributed by atoms with van der Waals surface area (Å²) in [5.41, 5.74) is 1.04. The third kappa shape index (κ3) is 5.99. The van der Waals surface area contributed by atoms with E-state index in [9.17, 15) is 4.79 Å². The van der Waals surface area contributed by atoms with E-state index < -0.39 is 0 Å². The van der Waals surface area contributed by atoms with Crippen LogP contribution in [0.1, 0.15) is 24.4 Å². The molecule has 1 amide bonds. The summed E-state index contributed by atoms with van der Waals surface area (Å²) in [4.78, 5) is 18.9. The van der Waals surface area contributed by atoms with E-state index in [1.807, 2.05) is 36.4 Å². The third-order valence-electron chi connectivity index (χ3n) is 5.39. The summed E-state index contributed by atoms with van der Waals surface area (Å²) >= 11 is 6.44.